The van der Waals surface area contributed by atoms with Crippen molar-refractivity contribution in [1.29, 1.82) is 0 Å². The van der Waals surface area contributed by atoms with Crippen molar-refractivity contribution in [2.45, 2.75) is 12.6 Å². The van der Waals surface area contributed by atoms with Crippen LogP contribution in [0.15, 0.2) is 33.3 Å². The third-order valence-corrected chi connectivity index (χ3v) is 3.89. The molecule has 0 bridgehead atoms. The Bertz CT molecular complexity index is 610. The van der Waals surface area contributed by atoms with Gasteiger partial charge >= 0.3 is 0 Å². The summed E-state index contributed by atoms with van der Waals surface area (Å²) in [5, 5.41) is 4.04. The molecule has 1 aliphatic rings. The molecule has 3 rings (SSSR count). The van der Waals surface area contributed by atoms with E-state index in [9.17, 15) is 0 Å². The van der Waals surface area contributed by atoms with E-state index in [1.54, 1.807) is 0 Å². The lowest BCUT2D eigenvalue weighted by Gasteiger charge is -2.31. The van der Waals surface area contributed by atoms with Crippen LogP contribution in [-0.4, -0.2) is 47.4 Å². The average molecular weight is 390 g/mol. The van der Waals surface area contributed by atoms with Crippen molar-refractivity contribution in [3.63, 3.8) is 0 Å². The molecule has 0 spiro atoms. The fourth-order valence-corrected chi connectivity index (χ4v) is 2.72. The van der Waals surface area contributed by atoms with Crippen molar-refractivity contribution in [3.8, 4) is 11.4 Å². The van der Waals surface area contributed by atoms with E-state index in [-0.39, 0.29) is 18.5 Å². The van der Waals surface area contributed by atoms with Crippen molar-refractivity contribution in [2.75, 3.05) is 26.2 Å². The summed E-state index contributed by atoms with van der Waals surface area (Å²) in [5.41, 5.74) is 6.58. The van der Waals surface area contributed by atoms with Crippen molar-refractivity contribution in [3.05, 3.63) is 34.6 Å². The van der Waals surface area contributed by atoms with E-state index in [4.69, 9.17) is 15.0 Å². The molecule has 22 heavy (non-hydrogen) atoms. The molecular formula is C14H18BrClN4O2. The number of nitrogens with two attached hydrogens (primary N) is 1. The smallest absolute Gasteiger partial charge is 0.241 e. The van der Waals surface area contributed by atoms with Crippen LogP contribution in [0, 0.1) is 0 Å². The van der Waals surface area contributed by atoms with E-state index >= 15 is 0 Å². The van der Waals surface area contributed by atoms with Crippen molar-refractivity contribution >= 4 is 28.3 Å². The fourth-order valence-electron chi connectivity index (χ4n) is 2.32. The standard InChI is InChI=1S/C14H17BrN4O2.ClH/c15-11-3-1-2-10(6-11)14-17-13(21-18-14)9-19-4-5-20-12(7-16)8-19;/h1-3,6,12H,4-5,7-9,16H2;1H. The molecule has 0 aliphatic carbocycles. The lowest BCUT2D eigenvalue weighted by atomic mass is 10.2. The van der Waals surface area contributed by atoms with Crippen molar-refractivity contribution in [1.82, 2.24) is 15.0 Å². The van der Waals surface area contributed by atoms with Gasteiger partial charge in [-0.1, -0.05) is 33.2 Å². The minimum absolute atomic E-state index is 0. The molecule has 6 nitrogen and oxygen atoms in total. The van der Waals surface area contributed by atoms with Crippen LogP contribution in [0.2, 0.25) is 0 Å². The Kier molecular flexibility index (Phi) is 6.34. The molecule has 8 heteroatoms. The second kappa shape index (κ2) is 8.03. The van der Waals surface area contributed by atoms with Crippen LogP contribution in [0.5, 0.6) is 0 Å². The first-order valence-electron chi connectivity index (χ1n) is 6.87. The van der Waals surface area contributed by atoms with Crippen LogP contribution < -0.4 is 5.73 Å². The number of aromatic nitrogens is 2. The van der Waals surface area contributed by atoms with E-state index in [0.717, 1.165) is 23.1 Å². The lowest BCUT2D eigenvalue weighted by Crippen LogP contribution is -2.45. The lowest BCUT2D eigenvalue weighted by molar-refractivity contribution is -0.0288. The van der Waals surface area contributed by atoms with Gasteiger partial charge in [-0.15, -0.1) is 12.4 Å². The van der Waals surface area contributed by atoms with Gasteiger partial charge in [-0.3, -0.25) is 4.90 Å². The van der Waals surface area contributed by atoms with Crippen LogP contribution >= 0.6 is 28.3 Å². The highest BCUT2D eigenvalue weighted by molar-refractivity contribution is 9.10. The molecule has 1 saturated heterocycles. The highest BCUT2D eigenvalue weighted by atomic mass is 79.9. The summed E-state index contributed by atoms with van der Waals surface area (Å²) in [6.45, 7) is 3.50. The maximum absolute atomic E-state index is 5.65. The van der Waals surface area contributed by atoms with E-state index in [0.29, 0.717) is 31.4 Å². The van der Waals surface area contributed by atoms with E-state index in [1.165, 1.54) is 0 Å². The summed E-state index contributed by atoms with van der Waals surface area (Å²) in [4.78, 5) is 6.68. The molecule has 0 saturated carbocycles. The maximum Gasteiger partial charge on any atom is 0.241 e. The summed E-state index contributed by atoms with van der Waals surface area (Å²) in [5.74, 6) is 1.22. The van der Waals surface area contributed by atoms with E-state index in [1.807, 2.05) is 24.3 Å². The van der Waals surface area contributed by atoms with Gasteiger partial charge in [-0.05, 0) is 12.1 Å². The molecule has 1 aliphatic heterocycles. The number of rotatable bonds is 4. The Morgan fingerprint density at radius 3 is 3.05 bits per heavy atom. The summed E-state index contributed by atoms with van der Waals surface area (Å²) in [6, 6.07) is 7.83. The number of ether oxygens (including phenoxy) is 1. The molecule has 1 atom stereocenters. The van der Waals surface area contributed by atoms with Gasteiger partial charge in [-0.25, -0.2) is 0 Å². The third-order valence-electron chi connectivity index (χ3n) is 3.40. The first-order valence-corrected chi connectivity index (χ1v) is 7.66. The predicted molar refractivity (Wildman–Crippen MR) is 88.8 cm³/mol. The molecule has 1 aromatic carbocycles. The van der Waals surface area contributed by atoms with E-state index < -0.39 is 0 Å². The summed E-state index contributed by atoms with van der Waals surface area (Å²) >= 11 is 3.44. The number of morpholine rings is 1. The Morgan fingerprint density at radius 1 is 1.41 bits per heavy atom. The number of hydrogen-bond acceptors (Lipinski definition) is 6. The summed E-state index contributed by atoms with van der Waals surface area (Å²) in [7, 11) is 0. The molecule has 2 aromatic rings. The quantitative estimate of drug-likeness (QED) is 0.862. The first kappa shape index (κ1) is 17.4. The second-order valence-corrected chi connectivity index (χ2v) is 5.90. The zero-order chi connectivity index (χ0) is 14.7. The van der Waals surface area contributed by atoms with E-state index in [2.05, 4.69) is 31.0 Å². The minimum atomic E-state index is 0. The summed E-state index contributed by atoms with van der Waals surface area (Å²) < 4.78 is 11.9. The molecule has 2 heterocycles. The number of nitrogens with zero attached hydrogens (tertiary/aromatic N) is 3. The van der Waals surface area contributed by atoms with Gasteiger partial charge in [0.05, 0.1) is 19.3 Å². The second-order valence-electron chi connectivity index (χ2n) is 4.99. The Balaban J connectivity index is 0.00000176. The van der Waals surface area contributed by atoms with Gasteiger partial charge in [0.1, 0.15) is 0 Å². The van der Waals surface area contributed by atoms with Crippen LogP contribution in [0.4, 0.5) is 0 Å². The van der Waals surface area contributed by atoms with Crippen LogP contribution in [0.1, 0.15) is 5.89 Å². The zero-order valence-electron chi connectivity index (χ0n) is 11.9. The van der Waals surface area contributed by atoms with Gasteiger partial charge in [0.15, 0.2) is 0 Å². The first-order chi connectivity index (χ1) is 10.2. The molecule has 2 N–H and O–H groups in total. The minimum Gasteiger partial charge on any atom is -0.374 e. The SMILES string of the molecule is Cl.NCC1CN(Cc2nc(-c3cccc(Br)c3)no2)CCO1. The molecule has 1 unspecified atom stereocenters. The molecule has 0 radical (unpaired) electrons. The van der Waals surface area contributed by atoms with Crippen molar-refractivity contribution < 1.29 is 9.26 Å². The molecular weight excluding hydrogens is 372 g/mol. The predicted octanol–water partition coefficient (Wildman–Crippen LogP) is 2.08. The maximum atomic E-state index is 5.65. The normalized spacial score (nSPS) is 18.9. The zero-order valence-corrected chi connectivity index (χ0v) is 14.3. The fraction of sp³-hybridized carbons (Fsp3) is 0.429. The highest BCUT2D eigenvalue weighted by Gasteiger charge is 2.21. The van der Waals surface area contributed by atoms with Crippen molar-refractivity contribution in [2.24, 2.45) is 5.73 Å². The third kappa shape index (κ3) is 4.27. The average Bonchev–Trinajstić information content (AvgIpc) is 2.96. The summed E-state index contributed by atoms with van der Waals surface area (Å²) in [6.07, 6.45) is 0.0891. The van der Waals surface area contributed by atoms with Gasteiger partial charge in [0.25, 0.3) is 0 Å². The molecule has 1 aromatic heterocycles. The van der Waals surface area contributed by atoms with Crippen LogP contribution in [-0.2, 0) is 11.3 Å². The monoisotopic (exact) mass is 388 g/mol. The van der Waals surface area contributed by atoms with Crippen LogP contribution in [0.25, 0.3) is 11.4 Å². The Hall–Kier alpha value is -0.990. The number of hydrogen-bond donors (Lipinski definition) is 1. The van der Waals surface area contributed by atoms with Crippen LogP contribution in [0.3, 0.4) is 0 Å². The van der Waals surface area contributed by atoms with Gasteiger partial charge in [0, 0.05) is 29.7 Å². The van der Waals surface area contributed by atoms with Gasteiger partial charge in [-0.2, -0.15) is 4.98 Å². The molecule has 120 valence electrons. The largest absolute Gasteiger partial charge is 0.374 e. The number of halogens is 2. The van der Waals surface area contributed by atoms with Gasteiger partial charge in [0.2, 0.25) is 11.7 Å². The topological polar surface area (TPSA) is 77.4 Å². The molecule has 0 amide bonds. The molecule has 1 fully saturated rings. The van der Waals surface area contributed by atoms with Gasteiger partial charge < -0.3 is 15.0 Å². The number of benzene rings is 1. The Labute approximate surface area is 143 Å². The Morgan fingerprint density at radius 2 is 2.27 bits per heavy atom. The highest BCUT2D eigenvalue weighted by Crippen LogP contribution is 2.20.